The summed E-state index contributed by atoms with van der Waals surface area (Å²) in [4.78, 5) is 3.38. The Hall–Kier alpha value is -2.22. The molecule has 0 fully saturated rings. The average Bonchev–Trinajstić information content (AvgIpc) is 2.37. The van der Waals surface area contributed by atoms with Gasteiger partial charge in [-0.15, -0.1) is 0 Å². The van der Waals surface area contributed by atoms with E-state index in [0.29, 0.717) is 17.5 Å². The van der Waals surface area contributed by atoms with Crippen LogP contribution in [-0.4, -0.2) is 13.4 Å². The molecule has 8 heteroatoms. The average molecular weight is 313 g/mol. The van der Waals surface area contributed by atoms with Crippen molar-refractivity contribution >= 4 is 21.4 Å². The first kappa shape index (κ1) is 15.2. The third kappa shape index (κ3) is 3.10. The van der Waals surface area contributed by atoms with Crippen LogP contribution in [-0.2, 0) is 10.0 Å². The number of nitrogens with one attached hydrogen (secondary N) is 1. The Bertz CT molecular complexity index is 807. The van der Waals surface area contributed by atoms with Gasteiger partial charge in [-0.05, 0) is 32.0 Å². The fourth-order valence-corrected chi connectivity index (χ4v) is 2.96. The number of nitrogens with zero attached hydrogens (tertiary/aromatic N) is 1. The second-order valence-electron chi connectivity index (χ2n) is 4.50. The molecule has 112 valence electrons. The van der Waals surface area contributed by atoms with Gasteiger partial charge in [0.1, 0.15) is 16.5 Å². The van der Waals surface area contributed by atoms with E-state index in [2.05, 4.69) is 9.71 Å². The minimum atomic E-state index is -4.23. The number of nitrogen functional groups attached to an aromatic ring is 1. The highest BCUT2D eigenvalue weighted by Crippen LogP contribution is 2.24. The Morgan fingerprint density at radius 2 is 1.81 bits per heavy atom. The molecule has 1 heterocycles. The molecule has 3 N–H and O–H groups in total. The molecular formula is C13H13F2N3O2S. The molecule has 0 atom stereocenters. The Kier molecular flexibility index (Phi) is 3.82. The van der Waals surface area contributed by atoms with E-state index in [1.54, 1.807) is 19.9 Å². The zero-order valence-corrected chi connectivity index (χ0v) is 12.1. The number of aryl methyl sites for hydroxylation is 2. The summed E-state index contributed by atoms with van der Waals surface area (Å²) in [5.41, 5.74) is 6.20. The number of anilines is 2. The minimum absolute atomic E-state index is 0.211. The summed E-state index contributed by atoms with van der Waals surface area (Å²) in [6.07, 6.45) is 0. The molecule has 0 bridgehead atoms. The normalized spacial score (nSPS) is 11.4. The fourth-order valence-electron chi connectivity index (χ4n) is 1.74. The molecule has 0 radical (unpaired) electrons. The summed E-state index contributed by atoms with van der Waals surface area (Å²) in [5.74, 6) is -2.23. The van der Waals surface area contributed by atoms with Crippen molar-refractivity contribution in [2.24, 2.45) is 0 Å². The maximum Gasteiger partial charge on any atom is 0.264 e. The van der Waals surface area contributed by atoms with Crippen molar-refractivity contribution < 1.29 is 17.2 Å². The molecule has 1 aromatic carbocycles. The monoisotopic (exact) mass is 313 g/mol. The van der Waals surface area contributed by atoms with Crippen molar-refractivity contribution in [2.45, 2.75) is 18.7 Å². The molecule has 0 amide bonds. The number of rotatable bonds is 3. The molecule has 21 heavy (non-hydrogen) atoms. The van der Waals surface area contributed by atoms with Gasteiger partial charge in [-0.2, -0.15) is 0 Å². The molecule has 5 nitrogen and oxygen atoms in total. The summed E-state index contributed by atoms with van der Waals surface area (Å²) in [6.45, 7) is 3.37. The lowest BCUT2D eigenvalue weighted by Crippen LogP contribution is -2.16. The number of hydrogen-bond acceptors (Lipinski definition) is 4. The van der Waals surface area contributed by atoms with E-state index >= 15 is 0 Å². The van der Waals surface area contributed by atoms with Gasteiger partial charge in [0, 0.05) is 11.8 Å². The van der Waals surface area contributed by atoms with Crippen molar-refractivity contribution in [1.82, 2.24) is 4.98 Å². The van der Waals surface area contributed by atoms with Gasteiger partial charge in [0.2, 0.25) is 0 Å². The maximum absolute atomic E-state index is 13.7. The van der Waals surface area contributed by atoms with Crippen molar-refractivity contribution in [3.05, 3.63) is 47.3 Å². The fraction of sp³-hybridized carbons (Fsp3) is 0.154. The van der Waals surface area contributed by atoms with Crippen LogP contribution < -0.4 is 10.5 Å². The van der Waals surface area contributed by atoms with Crippen molar-refractivity contribution in [1.29, 1.82) is 0 Å². The summed E-state index contributed by atoms with van der Waals surface area (Å²) in [6, 6.07) is 4.30. The van der Waals surface area contributed by atoms with E-state index in [-0.39, 0.29) is 5.69 Å². The smallest absolute Gasteiger partial charge is 0.264 e. The molecule has 1 aromatic heterocycles. The molecule has 0 saturated heterocycles. The topological polar surface area (TPSA) is 85.1 Å². The van der Waals surface area contributed by atoms with Gasteiger partial charge in [-0.1, -0.05) is 0 Å². The van der Waals surface area contributed by atoms with E-state index in [1.165, 1.54) is 6.07 Å². The summed E-state index contributed by atoms with van der Waals surface area (Å²) >= 11 is 0. The lowest BCUT2D eigenvalue weighted by molar-refractivity contribution is 0.553. The predicted molar refractivity (Wildman–Crippen MR) is 75.3 cm³/mol. The lowest BCUT2D eigenvalue weighted by atomic mass is 10.3. The molecule has 2 rings (SSSR count). The van der Waals surface area contributed by atoms with E-state index < -0.39 is 32.2 Å². The number of benzene rings is 1. The number of pyridine rings is 1. The van der Waals surface area contributed by atoms with Gasteiger partial charge in [0.05, 0.1) is 17.1 Å². The lowest BCUT2D eigenvalue weighted by Gasteiger charge is -2.11. The van der Waals surface area contributed by atoms with Crippen LogP contribution in [0, 0.1) is 25.5 Å². The van der Waals surface area contributed by atoms with Crippen molar-refractivity contribution in [3.8, 4) is 0 Å². The van der Waals surface area contributed by atoms with Crippen LogP contribution >= 0.6 is 0 Å². The zero-order valence-electron chi connectivity index (χ0n) is 11.3. The number of sulfonamides is 1. The van der Waals surface area contributed by atoms with Gasteiger partial charge < -0.3 is 5.73 Å². The highest BCUT2D eigenvalue weighted by Gasteiger charge is 2.22. The number of hydrogen-bond donors (Lipinski definition) is 2. The van der Waals surface area contributed by atoms with Crippen molar-refractivity contribution in [3.63, 3.8) is 0 Å². The molecule has 0 spiro atoms. The van der Waals surface area contributed by atoms with Gasteiger partial charge in [-0.3, -0.25) is 9.71 Å². The molecule has 0 unspecified atom stereocenters. The van der Waals surface area contributed by atoms with Gasteiger partial charge in [0.25, 0.3) is 10.0 Å². The highest BCUT2D eigenvalue weighted by atomic mass is 32.2. The number of nitrogens with two attached hydrogens (primary N) is 1. The van der Waals surface area contributed by atoms with Crippen LogP contribution in [0.15, 0.2) is 29.2 Å². The van der Waals surface area contributed by atoms with Crippen molar-refractivity contribution in [2.75, 3.05) is 10.5 Å². The summed E-state index contributed by atoms with van der Waals surface area (Å²) < 4.78 is 53.3. The zero-order chi connectivity index (χ0) is 15.8. The molecule has 0 saturated carbocycles. The molecule has 0 aliphatic rings. The largest absolute Gasteiger partial charge is 0.396 e. The molecule has 0 aliphatic heterocycles. The van der Waals surface area contributed by atoms with Crippen LogP contribution in [0.1, 0.15) is 11.4 Å². The first-order chi connectivity index (χ1) is 9.70. The quantitative estimate of drug-likeness (QED) is 0.852. The molecular weight excluding hydrogens is 300 g/mol. The van der Waals surface area contributed by atoms with E-state index in [1.807, 2.05) is 0 Å². The Labute approximate surface area is 120 Å². The minimum Gasteiger partial charge on any atom is -0.396 e. The van der Waals surface area contributed by atoms with Crippen LogP contribution in [0.5, 0.6) is 0 Å². The predicted octanol–water partition coefficient (Wildman–Crippen LogP) is 2.36. The van der Waals surface area contributed by atoms with Crippen LogP contribution in [0.4, 0.5) is 20.2 Å². The van der Waals surface area contributed by atoms with E-state index in [4.69, 9.17) is 5.73 Å². The Morgan fingerprint density at radius 1 is 1.14 bits per heavy atom. The number of aromatic nitrogens is 1. The third-order valence-corrected chi connectivity index (χ3v) is 4.19. The molecule has 0 aliphatic carbocycles. The molecule has 2 aromatic rings. The summed E-state index contributed by atoms with van der Waals surface area (Å²) in [7, 11) is -4.23. The SMILES string of the molecule is Cc1ccc(NS(=O)(=O)c2cc(N)c(F)cc2F)c(C)n1. The van der Waals surface area contributed by atoms with Gasteiger partial charge in [-0.25, -0.2) is 17.2 Å². The second kappa shape index (κ2) is 5.28. The first-order valence-electron chi connectivity index (χ1n) is 5.92. The Morgan fingerprint density at radius 3 is 2.43 bits per heavy atom. The van der Waals surface area contributed by atoms with E-state index in [9.17, 15) is 17.2 Å². The second-order valence-corrected chi connectivity index (χ2v) is 6.15. The van der Waals surface area contributed by atoms with Crippen LogP contribution in [0.25, 0.3) is 0 Å². The van der Waals surface area contributed by atoms with Gasteiger partial charge >= 0.3 is 0 Å². The van der Waals surface area contributed by atoms with Crippen LogP contribution in [0.2, 0.25) is 0 Å². The third-order valence-electron chi connectivity index (χ3n) is 2.81. The van der Waals surface area contributed by atoms with E-state index in [0.717, 1.165) is 6.07 Å². The number of halogens is 2. The van der Waals surface area contributed by atoms with Crippen LogP contribution in [0.3, 0.4) is 0 Å². The standard InChI is InChI=1S/C13H13F2N3O2S/c1-7-3-4-12(8(2)17-7)18-21(19,20)13-6-11(16)9(14)5-10(13)15/h3-6,18H,16H2,1-2H3. The maximum atomic E-state index is 13.7. The first-order valence-corrected chi connectivity index (χ1v) is 7.40. The van der Waals surface area contributed by atoms with Gasteiger partial charge in [0.15, 0.2) is 0 Å². The summed E-state index contributed by atoms with van der Waals surface area (Å²) in [5, 5.41) is 0. The Balaban J connectivity index is 2.46. The highest BCUT2D eigenvalue weighted by molar-refractivity contribution is 7.92.